The molecule has 1 aromatic heterocycles. The van der Waals surface area contributed by atoms with E-state index in [1.54, 1.807) is 30.3 Å². The number of carbonyl (C=O) groups is 2. The van der Waals surface area contributed by atoms with Crippen LogP contribution in [0.1, 0.15) is 23.3 Å². The van der Waals surface area contributed by atoms with Gasteiger partial charge in [-0.25, -0.2) is 0 Å². The number of aliphatic carboxylic acids is 1. The number of carbonyl (C=O) groups excluding carboxylic acids is 1. The predicted molar refractivity (Wildman–Crippen MR) is 80.8 cm³/mol. The standard InChI is InChI=1S/C16H16N2O4/c19-14-12-6-2-1-4-10(12)8-13(17-14)15(20)18-7-3-5-11(9-18)16(21)22/h1-2,4,6,8,11H,3,5,7,9H2,(H,17,19)(H,21,22). The van der Waals surface area contributed by atoms with E-state index in [0.29, 0.717) is 30.2 Å². The predicted octanol–water partition coefficient (Wildman–Crippen LogP) is 1.46. The van der Waals surface area contributed by atoms with Gasteiger partial charge < -0.3 is 15.0 Å². The number of H-pyrrole nitrogens is 1. The molecule has 2 heterocycles. The molecule has 0 saturated carbocycles. The number of fused-ring (bicyclic) bond motifs is 1. The molecule has 1 fully saturated rings. The third-order valence-electron chi connectivity index (χ3n) is 4.04. The molecule has 0 radical (unpaired) electrons. The molecule has 1 aliphatic rings. The van der Waals surface area contributed by atoms with Crippen LogP contribution in [0.2, 0.25) is 0 Å². The minimum Gasteiger partial charge on any atom is -0.481 e. The number of aromatic nitrogens is 1. The number of carboxylic acids is 1. The van der Waals surface area contributed by atoms with Crippen molar-refractivity contribution >= 4 is 22.6 Å². The molecule has 3 rings (SSSR count). The van der Waals surface area contributed by atoms with E-state index >= 15 is 0 Å². The lowest BCUT2D eigenvalue weighted by molar-refractivity contribution is -0.143. The molecule has 0 bridgehead atoms. The Balaban J connectivity index is 1.92. The Morgan fingerprint density at radius 1 is 1.27 bits per heavy atom. The lowest BCUT2D eigenvalue weighted by Crippen LogP contribution is -2.42. The Hall–Kier alpha value is -2.63. The van der Waals surface area contributed by atoms with Crippen molar-refractivity contribution in [2.75, 3.05) is 13.1 Å². The fourth-order valence-electron chi connectivity index (χ4n) is 2.86. The number of amides is 1. The van der Waals surface area contributed by atoms with Gasteiger partial charge in [-0.3, -0.25) is 14.4 Å². The number of pyridine rings is 1. The Labute approximate surface area is 126 Å². The van der Waals surface area contributed by atoms with Crippen LogP contribution in [-0.2, 0) is 4.79 Å². The highest BCUT2D eigenvalue weighted by atomic mass is 16.4. The van der Waals surface area contributed by atoms with E-state index in [4.69, 9.17) is 5.11 Å². The number of piperidine rings is 1. The zero-order chi connectivity index (χ0) is 15.7. The van der Waals surface area contributed by atoms with Crippen LogP contribution in [0, 0.1) is 5.92 Å². The average molecular weight is 300 g/mol. The summed E-state index contributed by atoms with van der Waals surface area (Å²) < 4.78 is 0. The second-order valence-corrected chi connectivity index (χ2v) is 5.53. The quantitative estimate of drug-likeness (QED) is 0.878. The number of nitrogens with one attached hydrogen (secondary N) is 1. The summed E-state index contributed by atoms with van der Waals surface area (Å²) >= 11 is 0. The summed E-state index contributed by atoms with van der Waals surface area (Å²) in [6.45, 7) is 0.695. The highest BCUT2D eigenvalue weighted by Gasteiger charge is 2.29. The van der Waals surface area contributed by atoms with Crippen LogP contribution in [0.5, 0.6) is 0 Å². The lowest BCUT2D eigenvalue weighted by atomic mass is 9.98. The van der Waals surface area contributed by atoms with Gasteiger partial charge in [0, 0.05) is 18.5 Å². The number of benzene rings is 1. The second-order valence-electron chi connectivity index (χ2n) is 5.53. The van der Waals surface area contributed by atoms with Crippen LogP contribution in [-0.4, -0.2) is 40.0 Å². The monoisotopic (exact) mass is 300 g/mol. The largest absolute Gasteiger partial charge is 0.481 e. The first-order valence-electron chi connectivity index (χ1n) is 7.20. The summed E-state index contributed by atoms with van der Waals surface area (Å²) in [7, 11) is 0. The van der Waals surface area contributed by atoms with Gasteiger partial charge in [-0.05, 0) is 30.4 Å². The number of aromatic amines is 1. The number of hydrogen-bond acceptors (Lipinski definition) is 3. The van der Waals surface area contributed by atoms with Gasteiger partial charge in [0.25, 0.3) is 11.5 Å². The molecular weight excluding hydrogens is 284 g/mol. The van der Waals surface area contributed by atoms with Gasteiger partial charge >= 0.3 is 5.97 Å². The SMILES string of the molecule is O=C(O)C1CCCN(C(=O)c2cc3ccccc3c(=O)[nH]2)C1. The second kappa shape index (κ2) is 5.63. The van der Waals surface area contributed by atoms with Gasteiger partial charge in [0.2, 0.25) is 0 Å². The van der Waals surface area contributed by atoms with Crippen molar-refractivity contribution in [3.05, 3.63) is 46.4 Å². The Morgan fingerprint density at radius 2 is 2.05 bits per heavy atom. The maximum Gasteiger partial charge on any atom is 0.308 e. The first kappa shape index (κ1) is 14.3. The third-order valence-corrected chi connectivity index (χ3v) is 4.04. The zero-order valence-corrected chi connectivity index (χ0v) is 11.9. The fourth-order valence-corrected chi connectivity index (χ4v) is 2.86. The molecule has 1 atom stereocenters. The van der Waals surface area contributed by atoms with E-state index in [1.807, 2.05) is 0 Å². The topological polar surface area (TPSA) is 90.5 Å². The maximum absolute atomic E-state index is 12.5. The van der Waals surface area contributed by atoms with Gasteiger partial charge in [-0.1, -0.05) is 18.2 Å². The van der Waals surface area contributed by atoms with Crippen molar-refractivity contribution in [1.82, 2.24) is 9.88 Å². The molecule has 6 nitrogen and oxygen atoms in total. The van der Waals surface area contributed by atoms with Gasteiger partial charge in [0.05, 0.1) is 5.92 Å². The molecule has 114 valence electrons. The van der Waals surface area contributed by atoms with Crippen molar-refractivity contribution in [2.45, 2.75) is 12.8 Å². The summed E-state index contributed by atoms with van der Waals surface area (Å²) in [5.74, 6) is -1.75. The average Bonchev–Trinajstić information content (AvgIpc) is 2.54. The number of rotatable bonds is 2. The molecule has 0 spiro atoms. The zero-order valence-electron chi connectivity index (χ0n) is 11.9. The van der Waals surface area contributed by atoms with E-state index in [2.05, 4.69) is 4.98 Å². The van der Waals surface area contributed by atoms with Crippen LogP contribution >= 0.6 is 0 Å². The van der Waals surface area contributed by atoms with Crippen LogP contribution < -0.4 is 5.56 Å². The van der Waals surface area contributed by atoms with E-state index in [-0.39, 0.29) is 23.7 Å². The van der Waals surface area contributed by atoms with Gasteiger partial charge in [0.1, 0.15) is 5.69 Å². The summed E-state index contributed by atoms with van der Waals surface area (Å²) in [5, 5.41) is 10.3. The number of carboxylic acid groups (broad SMARTS) is 1. The van der Waals surface area contributed by atoms with Crippen molar-refractivity contribution in [1.29, 1.82) is 0 Å². The molecule has 1 unspecified atom stereocenters. The van der Waals surface area contributed by atoms with E-state index in [9.17, 15) is 14.4 Å². The molecule has 1 saturated heterocycles. The molecular formula is C16H16N2O4. The highest BCUT2D eigenvalue weighted by molar-refractivity contribution is 5.96. The molecule has 2 aromatic rings. The van der Waals surface area contributed by atoms with Crippen LogP contribution in [0.4, 0.5) is 0 Å². The molecule has 1 aromatic carbocycles. The summed E-state index contributed by atoms with van der Waals surface area (Å²) in [4.78, 5) is 39.8. The lowest BCUT2D eigenvalue weighted by Gasteiger charge is -2.30. The normalized spacial score (nSPS) is 18.4. The Bertz CT molecular complexity index is 796. The summed E-state index contributed by atoms with van der Waals surface area (Å²) in [6, 6.07) is 8.68. The molecule has 1 amide bonds. The van der Waals surface area contributed by atoms with E-state index in [0.717, 1.165) is 0 Å². The molecule has 22 heavy (non-hydrogen) atoms. The maximum atomic E-state index is 12.5. The molecule has 0 aliphatic carbocycles. The number of hydrogen-bond donors (Lipinski definition) is 2. The molecule has 2 N–H and O–H groups in total. The smallest absolute Gasteiger partial charge is 0.308 e. The van der Waals surface area contributed by atoms with E-state index < -0.39 is 11.9 Å². The van der Waals surface area contributed by atoms with Crippen molar-refractivity contribution < 1.29 is 14.7 Å². The Kier molecular flexibility index (Phi) is 3.66. The minimum atomic E-state index is -0.885. The van der Waals surface area contributed by atoms with E-state index in [1.165, 1.54) is 4.90 Å². The van der Waals surface area contributed by atoms with Gasteiger partial charge in [-0.15, -0.1) is 0 Å². The van der Waals surface area contributed by atoms with Gasteiger partial charge in [0.15, 0.2) is 0 Å². The third kappa shape index (κ3) is 2.59. The van der Waals surface area contributed by atoms with Crippen LogP contribution in [0.15, 0.2) is 35.1 Å². The van der Waals surface area contributed by atoms with Gasteiger partial charge in [-0.2, -0.15) is 0 Å². The summed E-state index contributed by atoms with van der Waals surface area (Å²) in [6.07, 6.45) is 1.23. The van der Waals surface area contributed by atoms with Crippen molar-refractivity contribution in [2.24, 2.45) is 5.92 Å². The minimum absolute atomic E-state index is 0.184. The highest BCUT2D eigenvalue weighted by Crippen LogP contribution is 2.19. The fraction of sp³-hybridized carbons (Fsp3) is 0.312. The first-order chi connectivity index (χ1) is 10.6. The first-order valence-corrected chi connectivity index (χ1v) is 7.20. The molecule has 6 heteroatoms. The van der Waals surface area contributed by atoms with Crippen molar-refractivity contribution in [3.63, 3.8) is 0 Å². The molecule has 1 aliphatic heterocycles. The summed E-state index contributed by atoms with van der Waals surface area (Å²) in [5.41, 5.74) is -0.108. The van der Waals surface area contributed by atoms with Crippen molar-refractivity contribution in [3.8, 4) is 0 Å². The van der Waals surface area contributed by atoms with Crippen LogP contribution in [0.3, 0.4) is 0 Å². The number of likely N-dealkylation sites (tertiary alicyclic amines) is 1. The van der Waals surface area contributed by atoms with Crippen LogP contribution in [0.25, 0.3) is 10.8 Å². The Morgan fingerprint density at radius 3 is 2.82 bits per heavy atom. The number of nitrogens with zero attached hydrogens (tertiary/aromatic N) is 1.